The van der Waals surface area contributed by atoms with Crippen LogP contribution >= 0.6 is 0 Å². The predicted octanol–water partition coefficient (Wildman–Crippen LogP) is -5.23. The van der Waals surface area contributed by atoms with Crippen LogP contribution in [0.25, 0.3) is 0 Å². The van der Waals surface area contributed by atoms with Crippen LogP contribution in [-0.4, -0.2) is 22.3 Å². The summed E-state index contributed by atoms with van der Waals surface area (Å²) in [7, 11) is 4.01. The zero-order valence-electron chi connectivity index (χ0n) is 13.8. The Morgan fingerprint density at radius 2 is 1.17 bits per heavy atom. The zero-order chi connectivity index (χ0) is 14.9. The summed E-state index contributed by atoms with van der Waals surface area (Å²) >= 11 is 0. The van der Waals surface area contributed by atoms with Crippen molar-refractivity contribution in [3.8, 4) is 0 Å². The first-order valence-corrected chi connectivity index (χ1v) is 7.41. The molecule has 0 aliphatic carbocycles. The Kier molecular flexibility index (Phi) is 11.8. The zero-order valence-corrected chi connectivity index (χ0v) is 15.3. The maximum absolute atomic E-state index is 5.61. The van der Waals surface area contributed by atoms with E-state index in [9.17, 15) is 0 Å². The second-order valence-electron chi connectivity index (χ2n) is 5.32. The first-order valence-electron chi connectivity index (χ1n) is 7.41. The van der Waals surface area contributed by atoms with Crippen molar-refractivity contribution in [3.05, 3.63) is 37.4 Å². The summed E-state index contributed by atoms with van der Waals surface area (Å²) < 4.78 is 19.3. The number of imidazole rings is 2. The summed E-state index contributed by atoms with van der Waals surface area (Å²) in [6, 6.07) is 0. The van der Waals surface area contributed by atoms with Crippen LogP contribution in [0, 0.1) is 0 Å². The topological polar surface area (TPSA) is 36.1 Å². The molecule has 0 spiro atoms. The largest absolute Gasteiger partial charge is 1.00 e. The highest BCUT2D eigenvalue weighted by molar-refractivity contribution is 4.63. The van der Waals surface area contributed by atoms with Crippen LogP contribution in [0.5, 0.6) is 0 Å². The van der Waals surface area contributed by atoms with E-state index >= 15 is 0 Å². The molecule has 0 aliphatic heterocycles. The number of hydrogen-bond acceptors (Lipinski definition) is 2. The highest BCUT2D eigenvalue weighted by atomic mass is 35.5. The maximum Gasteiger partial charge on any atom is 0.245 e. The first-order chi connectivity index (χ1) is 10.2. The van der Waals surface area contributed by atoms with Crippen LogP contribution in [0.4, 0.5) is 0 Å². The molecular formula is C15H26Cl2N4O2. The fourth-order valence-electron chi connectivity index (χ4n) is 2.08. The van der Waals surface area contributed by atoms with E-state index in [0.717, 1.165) is 32.5 Å². The number of ether oxygens (including phenoxy) is 2. The monoisotopic (exact) mass is 364 g/mol. The van der Waals surface area contributed by atoms with Crippen LogP contribution in [0.2, 0.25) is 0 Å². The van der Waals surface area contributed by atoms with Gasteiger partial charge in [0, 0.05) is 0 Å². The van der Waals surface area contributed by atoms with Gasteiger partial charge >= 0.3 is 0 Å². The Morgan fingerprint density at radius 1 is 0.739 bits per heavy atom. The van der Waals surface area contributed by atoms with E-state index < -0.39 is 0 Å². The highest BCUT2D eigenvalue weighted by Crippen LogP contribution is 1.98. The van der Waals surface area contributed by atoms with Crippen molar-refractivity contribution in [2.24, 2.45) is 14.1 Å². The molecule has 23 heavy (non-hydrogen) atoms. The van der Waals surface area contributed by atoms with E-state index in [2.05, 4.69) is 0 Å². The van der Waals surface area contributed by atoms with Gasteiger partial charge in [0.2, 0.25) is 12.7 Å². The Hall–Kier alpha value is -1.08. The lowest BCUT2D eigenvalue weighted by Gasteiger charge is -2.03. The fraction of sp³-hybridized carbons (Fsp3) is 0.600. The molecule has 0 fully saturated rings. The molecule has 0 saturated heterocycles. The van der Waals surface area contributed by atoms with Crippen molar-refractivity contribution >= 4 is 0 Å². The Bertz CT molecular complexity index is 485. The number of aryl methyl sites for hydroxylation is 2. The van der Waals surface area contributed by atoms with Gasteiger partial charge in [-0.1, -0.05) is 0 Å². The molecule has 0 unspecified atom stereocenters. The average Bonchev–Trinajstić information content (AvgIpc) is 3.06. The minimum atomic E-state index is 0. The van der Waals surface area contributed by atoms with E-state index in [4.69, 9.17) is 9.47 Å². The van der Waals surface area contributed by atoms with Gasteiger partial charge in [-0.15, -0.1) is 0 Å². The summed E-state index contributed by atoms with van der Waals surface area (Å²) in [6.07, 6.45) is 15.3. The highest BCUT2D eigenvalue weighted by Gasteiger charge is 2.00. The normalized spacial score (nSPS) is 10.2. The maximum atomic E-state index is 5.61. The first kappa shape index (κ1) is 21.9. The molecule has 0 N–H and O–H groups in total. The van der Waals surface area contributed by atoms with E-state index in [1.807, 2.05) is 69.8 Å². The molecule has 0 bridgehead atoms. The molecule has 6 nitrogen and oxygen atoms in total. The van der Waals surface area contributed by atoms with Crippen molar-refractivity contribution in [2.45, 2.75) is 32.7 Å². The Balaban J connectivity index is 0.00000242. The van der Waals surface area contributed by atoms with Gasteiger partial charge in [-0.2, -0.15) is 0 Å². The molecule has 0 atom stereocenters. The second kappa shape index (κ2) is 12.4. The number of halogens is 2. The van der Waals surface area contributed by atoms with Crippen LogP contribution < -0.4 is 33.9 Å². The van der Waals surface area contributed by atoms with Gasteiger partial charge < -0.3 is 34.3 Å². The summed E-state index contributed by atoms with van der Waals surface area (Å²) in [5.41, 5.74) is 0. The quantitative estimate of drug-likeness (QED) is 0.312. The van der Waals surface area contributed by atoms with Crippen molar-refractivity contribution < 1.29 is 43.4 Å². The number of aromatic nitrogens is 4. The molecule has 8 heteroatoms. The van der Waals surface area contributed by atoms with E-state index in [0.29, 0.717) is 13.5 Å². The van der Waals surface area contributed by atoms with Crippen LogP contribution in [-0.2, 0) is 37.0 Å². The third kappa shape index (κ3) is 8.95. The van der Waals surface area contributed by atoms with Gasteiger partial charge in [0.15, 0.2) is 13.5 Å². The smallest absolute Gasteiger partial charge is 0.245 e. The third-order valence-corrected chi connectivity index (χ3v) is 3.21. The molecule has 2 aromatic rings. The second-order valence-corrected chi connectivity index (χ2v) is 5.32. The molecule has 0 radical (unpaired) electrons. The number of unbranched alkanes of at least 4 members (excludes halogenated alkanes) is 2. The van der Waals surface area contributed by atoms with E-state index in [1.54, 1.807) is 0 Å². The number of rotatable bonds is 10. The van der Waals surface area contributed by atoms with Gasteiger partial charge in [-0.05, 0) is 19.3 Å². The lowest BCUT2D eigenvalue weighted by atomic mass is 10.2. The van der Waals surface area contributed by atoms with Crippen molar-refractivity contribution in [3.63, 3.8) is 0 Å². The standard InChI is InChI=1S/C15H26N4O2.2ClH/c1-16-6-8-18(12-16)14-20-10-4-3-5-11-21-15-19-9-7-17(2)13-19;;/h6-9,12-13H,3-5,10-11,14-15H2,1-2H3;2*1H/q+2;;/p-2. The fourth-order valence-corrected chi connectivity index (χ4v) is 2.08. The van der Waals surface area contributed by atoms with E-state index in [1.165, 1.54) is 0 Å². The SMILES string of the molecule is C[n+]1ccn(COCCCCCOCn2cc[n+](C)c2)c1.[Cl-].[Cl-]. The summed E-state index contributed by atoms with van der Waals surface area (Å²) in [5, 5.41) is 0. The molecule has 0 amide bonds. The van der Waals surface area contributed by atoms with Gasteiger partial charge in [0.25, 0.3) is 0 Å². The predicted molar refractivity (Wildman–Crippen MR) is 77.0 cm³/mol. The van der Waals surface area contributed by atoms with Gasteiger partial charge in [0.1, 0.15) is 24.8 Å². The summed E-state index contributed by atoms with van der Waals surface area (Å²) in [6.45, 7) is 2.86. The molecule has 2 heterocycles. The average molecular weight is 365 g/mol. The van der Waals surface area contributed by atoms with Gasteiger partial charge in [-0.3, -0.25) is 0 Å². The van der Waals surface area contributed by atoms with E-state index in [-0.39, 0.29) is 24.8 Å². The third-order valence-electron chi connectivity index (χ3n) is 3.21. The molecule has 132 valence electrons. The number of hydrogen-bond donors (Lipinski definition) is 0. The summed E-state index contributed by atoms with van der Waals surface area (Å²) in [5.74, 6) is 0. The van der Waals surface area contributed by atoms with Crippen LogP contribution in [0.3, 0.4) is 0 Å². The number of nitrogens with zero attached hydrogens (tertiary/aromatic N) is 4. The summed E-state index contributed by atoms with van der Waals surface area (Å²) in [4.78, 5) is 0. The molecular weight excluding hydrogens is 339 g/mol. The van der Waals surface area contributed by atoms with Crippen molar-refractivity contribution in [1.29, 1.82) is 0 Å². The van der Waals surface area contributed by atoms with Gasteiger partial charge in [-0.25, -0.2) is 18.3 Å². The molecule has 0 saturated carbocycles. The molecule has 0 aromatic carbocycles. The Labute approximate surface area is 150 Å². The van der Waals surface area contributed by atoms with Crippen LogP contribution in [0.1, 0.15) is 19.3 Å². The molecule has 2 aromatic heterocycles. The minimum Gasteiger partial charge on any atom is -1.00 e. The molecule has 2 rings (SSSR count). The van der Waals surface area contributed by atoms with Crippen LogP contribution in [0.15, 0.2) is 37.4 Å². The van der Waals surface area contributed by atoms with Crippen molar-refractivity contribution in [1.82, 2.24) is 9.13 Å². The lowest BCUT2D eigenvalue weighted by Crippen LogP contribution is -3.00. The lowest BCUT2D eigenvalue weighted by molar-refractivity contribution is -0.671. The Morgan fingerprint density at radius 3 is 1.52 bits per heavy atom. The van der Waals surface area contributed by atoms with Gasteiger partial charge in [0.05, 0.1) is 27.3 Å². The molecule has 0 aliphatic rings. The minimum absolute atomic E-state index is 0. The van der Waals surface area contributed by atoms with Crippen molar-refractivity contribution in [2.75, 3.05) is 13.2 Å².